The zero-order valence-corrected chi connectivity index (χ0v) is 22.0. The number of benzene rings is 3. The molecule has 0 fully saturated rings. The maximum absolute atomic E-state index is 14.0. The standard InChI is InChI=1S/C30H31N3O5/c1-30(29(35)31-17-21-10-6-8-12-26(21)37-3)19-32-24-11-7-5-9-20(24)15-25(32)28(34)33(30)18-22-13-14-23(36-2)16-27(22)38-4/h5-16H,17-19H2,1-4H3,(H,31,35)/t30-/m1/s1. The van der Waals surface area contributed by atoms with Gasteiger partial charge in [0.2, 0.25) is 5.91 Å². The third-order valence-corrected chi connectivity index (χ3v) is 7.28. The van der Waals surface area contributed by atoms with Gasteiger partial charge in [-0.2, -0.15) is 0 Å². The molecule has 1 aliphatic heterocycles. The van der Waals surface area contributed by atoms with Crippen molar-refractivity contribution in [1.29, 1.82) is 0 Å². The predicted molar refractivity (Wildman–Crippen MR) is 145 cm³/mol. The monoisotopic (exact) mass is 513 g/mol. The van der Waals surface area contributed by atoms with Crippen molar-refractivity contribution in [2.45, 2.75) is 32.1 Å². The highest BCUT2D eigenvalue weighted by molar-refractivity contribution is 6.03. The third kappa shape index (κ3) is 4.32. The first-order chi connectivity index (χ1) is 18.4. The van der Waals surface area contributed by atoms with Crippen LogP contribution in [0.1, 0.15) is 28.5 Å². The molecule has 3 aromatic carbocycles. The van der Waals surface area contributed by atoms with E-state index in [0.717, 1.165) is 22.0 Å². The zero-order valence-electron chi connectivity index (χ0n) is 22.0. The molecule has 196 valence electrons. The second-order valence-electron chi connectivity index (χ2n) is 9.51. The number of nitrogens with one attached hydrogen (secondary N) is 1. The number of amides is 2. The van der Waals surface area contributed by atoms with E-state index in [-0.39, 0.29) is 24.9 Å². The summed E-state index contributed by atoms with van der Waals surface area (Å²) < 4.78 is 18.3. The fraction of sp³-hybridized carbons (Fsp3) is 0.267. The Morgan fingerprint density at radius 1 is 0.895 bits per heavy atom. The Bertz CT molecular complexity index is 1510. The van der Waals surface area contributed by atoms with E-state index in [1.807, 2.05) is 78.2 Å². The number of carbonyl (C=O) groups is 2. The average molecular weight is 514 g/mol. The lowest BCUT2D eigenvalue weighted by Crippen LogP contribution is -2.63. The molecule has 1 aromatic heterocycles. The molecule has 5 rings (SSSR count). The molecule has 1 aliphatic rings. The van der Waals surface area contributed by atoms with Crippen LogP contribution in [0.15, 0.2) is 72.8 Å². The van der Waals surface area contributed by atoms with E-state index in [2.05, 4.69) is 5.32 Å². The second-order valence-corrected chi connectivity index (χ2v) is 9.51. The van der Waals surface area contributed by atoms with Gasteiger partial charge in [-0.1, -0.05) is 36.4 Å². The first-order valence-corrected chi connectivity index (χ1v) is 12.4. The fourth-order valence-electron chi connectivity index (χ4n) is 5.12. The topological polar surface area (TPSA) is 82.0 Å². The Morgan fingerprint density at radius 2 is 1.63 bits per heavy atom. The summed E-state index contributed by atoms with van der Waals surface area (Å²) in [6.07, 6.45) is 0. The summed E-state index contributed by atoms with van der Waals surface area (Å²) in [6, 6.07) is 22.7. The number of aromatic nitrogens is 1. The van der Waals surface area contributed by atoms with Gasteiger partial charge in [0.25, 0.3) is 5.91 Å². The van der Waals surface area contributed by atoms with Crippen LogP contribution in [-0.4, -0.2) is 48.1 Å². The number of carbonyl (C=O) groups excluding carboxylic acids is 2. The summed E-state index contributed by atoms with van der Waals surface area (Å²) in [7, 11) is 4.77. The number of hydrogen-bond acceptors (Lipinski definition) is 5. The van der Waals surface area contributed by atoms with Gasteiger partial charge in [-0.25, -0.2) is 0 Å². The number of nitrogens with zero attached hydrogens (tertiary/aromatic N) is 2. The van der Waals surface area contributed by atoms with Gasteiger partial charge in [-0.15, -0.1) is 0 Å². The Labute approximate surface area is 221 Å². The Hall–Kier alpha value is -4.46. The Balaban J connectivity index is 1.54. The molecule has 0 unspecified atom stereocenters. The van der Waals surface area contributed by atoms with Crippen molar-refractivity contribution < 1.29 is 23.8 Å². The molecule has 0 saturated heterocycles. The first kappa shape index (κ1) is 25.2. The smallest absolute Gasteiger partial charge is 0.271 e. The van der Waals surface area contributed by atoms with Crippen molar-refractivity contribution in [2.75, 3.05) is 21.3 Å². The molecule has 0 saturated carbocycles. The van der Waals surface area contributed by atoms with Crippen molar-refractivity contribution >= 4 is 22.7 Å². The highest BCUT2D eigenvalue weighted by Gasteiger charge is 2.47. The van der Waals surface area contributed by atoms with Gasteiger partial charge in [0, 0.05) is 34.6 Å². The lowest BCUT2D eigenvalue weighted by atomic mass is 9.93. The maximum Gasteiger partial charge on any atom is 0.271 e. The van der Waals surface area contributed by atoms with E-state index < -0.39 is 5.54 Å². The van der Waals surface area contributed by atoms with Crippen LogP contribution in [0.2, 0.25) is 0 Å². The molecule has 38 heavy (non-hydrogen) atoms. The van der Waals surface area contributed by atoms with Gasteiger partial charge < -0.3 is 29.0 Å². The minimum atomic E-state index is -1.18. The highest BCUT2D eigenvalue weighted by atomic mass is 16.5. The molecule has 0 spiro atoms. The number of ether oxygens (including phenoxy) is 3. The maximum atomic E-state index is 14.0. The van der Waals surface area contributed by atoms with Crippen LogP contribution in [0.3, 0.4) is 0 Å². The van der Waals surface area contributed by atoms with Crippen LogP contribution in [0.5, 0.6) is 17.2 Å². The molecule has 8 nitrogen and oxygen atoms in total. The van der Waals surface area contributed by atoms with Gasteiger partial charge in [0.1, 0.15) is 28.5 Å². The molecule has 1 atom stereocenters. The van der Waals surface area contributed by atoms with Crippen LogP contribution in [0.4, 0.5) is 0 Å². The minimum absolute atomic E-state index is 0.187. The quantitative estimate of drug-likeness (QED) is 0.378. The predicted octanol–water partition coefficient (Wildman–Crippen LogP) is 4.40. The summed E-state index contributed by atoms with van der Waals surface area (Å²) in [5.41, 5.74) is 1.91. The summed E-state index contributed by atoms with van der Waals surface area (Å²) in [4.78, 5) is 29.6. The molecule has 0 bridgehead atoms. The molecule has 4 aromatic rings. The van der Waals surface area contributed by atoms with Gasteiger partial charge in [-0.05, 0) is 37.3 Å². The SMILES string of the molecule is COc1ccc(CN2C(=O)c3cc4ccccc4n3C[C@]2(C)C(=O)NCc2ccccc2OC)c(OC)c1. The van der Waals surface area contributed by atoms with Crippen molar-refractivity contribution in [1.82, 2.24) is 14.8 Å². The van der Waals surface area contributed by atoms with E-state index in [4.69, 9.17) is 14.2 Å². The molecular weight excluding hydrogens is 482 g/mol. The van der Waals surface area contributed by atoms with Crippen molar-refractivity contribution in [3.8, 4) is 17.2 Å². The summed E-state index contributed by atoms with van der Waals surface area (Å²) >= 11 is 0. The number of fused-ring (bicyclic) bond motifs is 3. The Morgan fingerprint density at radius 3 is 2.39 bits per heavy atom. The van der Waals surface area contributed by atoms with Crippen LogP contribution >= 0.6 is 0 Å². The summed E-state index contributed by atoms with van der Waals surface area (Å²) in [6.45, 7) is 2.58. The van der Waals surface area contributed by atoms with Gasteiger partial charge in [-0.3, -0.25) is 9.59 Å². The van der Waals surface area contributed by atoms with E-state index in [1.165, 1.54) is 0 Å². The number of rotatable bonds is 8. The lowest BCUT2D eigenvalue weighted by Gasteiger charge is -2.44. The lowest BCUT2D eigenvalue weighted by molar-refractivity contribution is -0.133. The molecule has 2 heterocycles. The van der Waals surface area contributed by atoms with Crippen molar-refractivity contribution in [2.24, 2.45) is 0 Å². The normalized spacial score (nSPS) is 16.7. The second kappa shape index (κ2) is 10.1. The van der Waals surface area contributed by atoms with E-state index >= 15 is 0 Å². The van der Waals surface area contributed by atoms with E-state index in [9.17, 15) is 9.59 Å². The zero-order chi connectivity index (χ0) is 26.9. The molecule has 1 N–H and O–H groups in total. The molecule has 8 heteroatoms. The molecule has 0 aliphatic carbocycles. The van der Waals surface area contributed by atoms with E-state index in [1.54, 1.807) is 32.3 Å². The van der Waals surface area contributed by atoms with E-state index in [0.29, 0.717) is 29.5 Å². The molecule has 0 radical (unpaired) electrons. The highest BCUT2D eigenvalue weighted by Crippen LogP contribution is 2.35. The largest absolute Gasteiger partial charge is 0.497 e. The number of para-hydroxylation sites is 2. The molecule has 2 amide bonds. The van der Waals surface area contributed by atoms with Crippen LogP contribution in [-0.2, 0) is 24.4 Å². The number of hydrogen-bond donors (Lipinski definition) is 1. The average Bonchev–Trinajstić information content (AvgIpc) is 3.32. The van der Waals surface area contributed by atoms with Crippen LogP contribution in [0, 0.1) is 0 Å². The molecular formula is C30H31N3O5. The first-order valence-electron chi connectivity index (χ1n) is 12.4. The van der Waals surface area contributed by atoms with Crippen LogP contribution < -0.4 is 19.5 Å². The van der Waals surface area contributed by atoms with Gasteiger partial charge in [0.05, 0.1) is 34.4 Å². The van der Waals surface area contributed by atoms with Gasteiger partial charge in [0.15, 0.2) is 0 Å². The third-order valence-electron chi connectivity index (χ3n) is 7.28. The van der Waals surface area contributed by atoms with Gasteiger partial charge >= 0.3 is 0 Å². The van der Waals surface area contributed by atoms with Crippen molar-refractivity contribution in [3.05, 3.63) is 89.6 Å². The fourth-order valence-corrected chi connectivity index (χ4v) is 5.12. The number of methoxy groups -OCH3 is 3. The minimum Gasteiger partial charge on any atom is -0.497 e. The summed E-state index contributed by atoms with van der Waals surface area (Å²) in [5.74, 6) is 1.44. The Kier molecular flexibility index (Phi) is 6.72. The summed E-state index contributed by atoms with van der Waals surface area (Å²) in [5, 5.41) is 4.02. The van der Waals surface area contributed by atoms with Crippen molar-refractivity contribution in [3.63, 3.8) is 0 Å². The van der Waals surface area contributed by atoms with Crippen LogP contribution in [0.25, 0.3) is 10.9 Å².